The molecule has 0 heterocycles. The Morgan fingerprint density at radius 2 is 2.09 bits per heavy atom. The summed E-state index contributed by atoms with van der Waals surface area (Å²) in [5.74, 6) is 0.685. The fraction of sp³-hybridized carbons (Fsp3) is 0.562. The first kappa shape index (κ1) is 21.0. The summed E-state index contributed by atoms with van der Waals surface area (Å²) in [5, 5.41) is 3.54. The number of halogens is 2. The summed E-state index contributed by atoms with van der Waals surface area (Å²) in [6, 6.07) is 5.52. The van der Waals surface area contributed by atoms with Gasteiger partial charge in [-0.25, -0.2) is 0 Å². The van der Waals surface area contributed by atoms with Gasteiger partial charge >= 0.3 is 0 Å². The Morgan fingerprint density at radius 1 is 1.41 bits per heavy atom. The molecule has 1 aromatic rings. The van der Waals surface area contributed by atoms with Crippen LogP contribution in [0.25, 0.3) is 0 Å². The minimum Gasteiger partial charge on any atom is -0.494 e. The average Bonchev–Trinajstić information content (AvgIpc) is 2.41. The van der Waals surface area contributed by atoms with Crippen molar-refractivity contribution in [3.8, 4) is 5.75 Å². The van der Waals surface area contributed by atoms with Gasteiger partial charge in [-0.2, -0.15) is 0 Å². The van der Waals surface area contributed by atoms with Crippen LogP contribution in [0, 0.1) is 0 Å². The molecule has 0 fully saturated rings. The summed E-state index contributed by atoms with van der Waals surface area (Å²) in [6.07, 6.45) is 2.20. The van der Waals surface area contributed by atoms with Crippen molar-refractivity contribution in [2.24, 2.45) is 5.73 Å². The lowest BCUT2D eigenvalue weighted by atomic mass is 9.96. The van der Waals surface area contributed by atoms with E-state index in [-0.39, 0.29) is 18.3 Å². The number of nitrogens with one attached hydrogen (secondary N) is 1. The molecule has 0 spiro atoms. The highest BCUT2D eigenvalue weighted by atomic mass is 35.5. The van der Waals surface area contributed by atoms with Crippen LogP contribution in [-0.4, -0.2) is 24.6 Å². The van der Waals surface area contributed by atoms with E-state index in [2.05, 4.69) is 5.32 Å². The number of benzene rings is 1. The van der Waals surface area contributed by atoms with E-state index in [9.17, 15) is 4.79 Å². The van der Waals surface area contributed by atoms with Gasteiger partial charge in [-0.1, -0.05) is 24.9 Å². The van der Waals surface area contributed by atoms with E-state index in [4.69, 9.17) is 22.1 Å². The zero-order valence-corrected chi connectivity index (χ0v) is 15.0. The Kier molecular flexibility index (Phi) is 9.49. The molecule has 0 bridgehead atoms. The van der Waals surface area contributed by atoms with Gasteiger partial charge in [0.15, 0.2) is 0 Å². The Labute approximate surface area is 144 Å². The van der Waals surface area contributed by atoms with Crippen LogP contribution >= 0.6 is 24.0 Å². The van der Waals surface area contributed by atoms with E-state index in [1.807, 2.05) is 26.0 Å². The third kappa shape index (κ3) is 6.42. The zero-order chi connectivity index (χ0) is 15.9. The standard InChI is InChI=1S/C16H25ClN2O2.ClH/c1-4-9-16(3,18)15(20)19-10-8-12-11-13(17)6-7-14(12)21-5-2;/h6-7,11H,4-5,8-10,18H2,1-3H3,(H,19,20);1H. The second-order valence-corrected chi connectivity index (χ2v) is 5.79. The Hall–Kier alpha value is -0.970. The lowest BCUT2D eigenvalue weighted by Gasteiger charge is -2.23. The van der Waals surface area contributed by atoms with Gasteiger partial charge in [-0.05, 0) is 50.5 Å². The van der Waals surface area contributed by atoms with Crippen LogP contribution in [0.3, 0.4) is 0 Å². The van der Waals surface area contributed by atoms with Crippen LogP contribution in [0.1, 0.15) is 39.2 Å². The molecule has 0 radical (unpaired) electrons. The number of carbonyl (C=O) groups is 1. The van der Waals surface area contributed by atoms with Crippen LogP contribution in [0.2, 0.25) is 5.02 Å². The van der Waals surface area contributed by atoms with Crippen LogP contribution in [0.15, 0.2) is 18.2 Å². The highest BCUT2D eigenvalue weighted by molar-refractivity contribution is 6.30. The fourth-order valence-electron chi connectivity index (χ4n) is 2.19. The normalized spacial score (nSPS) is 13.0. The number of amides is 1. The number of ether oxygens (including phenoxy) is 1. The number of nitrogens with two attached hydrogens (primary N) is 1. The molecular weight excluding hydrogens is 323 g/mol. The second-order valence-electron chi connectivity index (χ2n) is 5.36. The lowest BCUT2D eigenvalue weighted by molar-refractivity contribution is -0.126. The van der Waals surface area contributed by atoms with E-state index < -0.39 is 5.54 Å². The van der Waals surface area contributed by atoms with Crippen molar-refractivity contribution >= 4 is 29.9 Å². The first-order chi connectivity index (χ1) is 9.90. The molecule has 1 aromatic carbocycles. The van der Waals surface area contributed by atoms with E-state index in [1.54, 1.807) is 13.0 Å². The number of carbonyl (C=O) groups excluding carboxylic acids is 1. The number of hydrogen-bond acceptors (Lipinski definition) is 3. The molecule has 1 unspecified atom stereocenters. The Bertz CT molecular complexity index is 479. The van der Waals surface area contributed by atoms with E-state index in [0.717, 1.165) is 17.7 Å². The summed E-state index contributed by atoms with van der Waals surface area (Å²) in [5.41, 5.74) is 6.17. The van der Waals surface area contributed by atoms with Gasteiger partial charge < -0.3 is 15.8 Å². The average molecular weight is 349 g/mol. The molecule has 0 saturated carbocycles. The van der Waals surface area contributed by atoms with Gasteiger partial charge in [0, 0.05) is 11.6 Å². The smallest absolute Gasteiger partial charge is 0.239 e. The summed E-state index contributed by atoms with van der Waals surface area (Å²) in [7, 11) is 0. The van der Waals surface area contributed by atoms with Crippen molar-refractivity contribution in [1.29, 1.82) is 0 Å². The maximum absolute atomic E-state index is 12.0. The van der Waals surface area contributed by atoms with E-state index in [1.165, 1.54) is 0 Å². The predicted octanol–water partition coefficient (Wildman–Crippen LogP) is 3.34. The predicted molar refractivity (Wildman–Crippen MR) is 94.1 cm³/mol. The molecule has 126 valence electrons. The highest BCUT2D eigenvalue weighted by Gasteiger charge is 2.26. The summed E-state index contributed by atoms with van der Waals surface area (Å²) >= 11 is 6.01. The molecule has 1 rings (SSSR count). The minimum absolute atomic E-state index is 0. The van der Waals surface area contributed by atoms with Gasteiger partial charge in [0.2, 0.25) is 5.91 Å². The molecule has 22 heavy (non-hydrogen) atoms. The van der Waals surface area contributed by atoms with Crippen LogP contribution in [0.4, 0.5) is 0 Å². The van der Waals surface area contributed by atoms with Gasteiger partial charge in [0.25, 0.3) is 0 Å². The molecule has 1 amide bonds. The molecule has 0 aliphatic carbocycles. The molecule has 0 saturated heterocycles. The van der Waals surface area contributed by atoms with Crippen molar-refractivity contribution < 1.29 is 9.53 Å². The fourth-order valence-corrected chi connectivity index (χ4v) is 2.38. The van der Waals surface area contributed by atoms with Gasteiger partial charge in [-0.3, -0.25) is 4.79 Å². The van der Waals surface area contributed by atoms with Gasteiger partial charge in [0.05, 0.1) is 12.1 Å². The second kappa shape index (κ2) is 9.93. The molecule has 0 aliphatic heterocycles. The van der Waals surface area contributed by atoms with E-state index in [0.29, 0.717) is 31.0 Å². The number of rotatable bonds is 8. The van der Waals surface area contributed by atoms with Crippen LogP contribution < -0.4 is 15.8 Å². The quantitative estimate of drug-likeness (QED) is 0.757. The van der Waals surface area contributed by atoms with Gasteiger partial charge in [-0.15, -0.1) is 12.4 Å². The molecule has 6 heteroatoms. The lowest BCUT2D eigenvalue weighted by Crippen LogP contribution is -2.51. The molecule has 1 atom stereocenters. The van der Waals surface area contributed by atoms with Gasteiger partial charge in [0.1, 0.15) is 5.75 Å². The summed E-state index contributed by atoms with van der Waals surface area (Å²) in [4.78, 5) is 12.0. The van der Waals surface area contributed by atoms with Crippen LogP contribution in [0.5, 0.6) is 5.75 Å². The van der Waals surface area contributed by atoms with Crippen molar-refractivity contribution in [3.05, 3.63) is 28.8 Å². The van der Waals surface area contributed by atoms with Crippen molar-refractivity contribution in [2.45, 2.75) is 45.6 Å². The topological polar surface area (TPSA) is 64.4 Å². The third-order valence-corrected chi connectivity index (χ3v) is 3.53. The largest absolute Gasteiger partial charge is 0.494 e. The Morgan fingerprint density at radius 3 is 2.68 bits per heavy atom. The summed E-state index contributed by atoms with van der Waals surface area (Å²) in [6.45, 7) is 6.81. The van der Waals surface area contributed by atoms with Crippen LogP contribution in [-0.2, 0) is 11.2 Å². The maximum atomic E-state index is 12.0. The van der Waals surface area contributed by atoms with E-state index >= 15 is 0 Å². The first-order valence-corrected chi connectivity index (χ1v) is 7.77. The first-order valence-electron chi connectivity index (χ1n) is 7.39. The highest BCUT2D eigenvalue weighted by Crippen LogP contribution is 2.23. The zero-order valence-electron chi connectivity index (χ0n) is 13.4. The van der Waals surface area contributed by atoms with Crippen molar-refractivity contribution in [3.63, 3.8) is 0 Å². The van der Waals surface area contributed by atoms with Crippen molar-refractivity contribution in [1.82, 2.24) is 5.32 Å². The SMILES string of the molecule is CCCC(C)(N)C(=O)NCCc1cc(Cl)ccc1OCC.Cl. The summed E-state index contributed by atoms with van der Waals surface area (Å²) < 4.78 is 5.56. The maximum Gasteiger partial charge on any atom is 0.239 e. The molecule has 0 aliphatic rings. The minimum atomic E-state index is -0.814. The molecule has 3 N–H and O–H groups in total. The Balaban J connectivity index is 0.00000441. The van der Waals surface area contributed by atoms with Crippen molar-refractivity contribution in [2.75, 3.05) is 13.2 Å². The number of hydrogen-bond donors (Lipinski definition) is 2. The molecule has 4 nitrogen and oxygen atoms in total. The monoisotopic (exact) mass is 348 g/mol. The molecular formula is C16H26Cl2N2O2. The third-order valence-electron chi connectivity index (χ3n) is 3.29. The molecule has 0 aromatic heterocycles.